The molecule has 0 bridgehead atoms. The Morgan fingerprint density at radius 3 is 3.11 bits per heavy atom. The van der Waals surface area contributed by atoms with Crippen molar-refractivity contribution in [1.29, 1.82) is 0 Å². The first kappa shape index (κ1) is 13.9. The Hall–Kier alpha value is -1.49. The number of amides is 1. The highest BCUT2D eigenvalue weighted by molar-refractivity contribution is 5.76. The van der Waals surface area contributed by atoms with Crippen LogP contribution in [-0.4, -0.2) is 35.6 Å². The first-order chi connectivity index (χ1) is 9.29. The number of methoxy groups -OCH3 is 1. The maximum atomic E-state index is 11.8. The molecular weight excluding hydrogens is 242 g/mol. The van der Waals surface area contributed by atoms with E-state index in [0.717, 1.165) is 25.1 Å². The average molecular weight is 263 g/mol. The number of nitrogens with zero attached hydrogens (tertiary/aromatic N) is 2. The van der Waals surface area contributed by atoms with Crippen molar-refractivity contribution in [3.05, 3.63) is 24.3 Å². The fourth-order valence-corrected chi connectivity index (χ4v) is 2.58. The number of nitrogens with one attached hydrogen (secondary N) is 1. The second-order valence-corrected chi connectivity index (χ2v) is 4.97. The normalized spacial score (nSPS) is 22.4. The van der Waals surface area contributed by atoms with E-state index < -0.39 is 0 Å². The van der Waals surface area contributed by atoms with Gasteiger partial charge >= 0.3 is 0 Å². The van der Waals surface area contributed by atoms with Crippen LogP contribution in [-0.2, 0) is 16.0 Å². The monoisotopic (exact) mass is 263 g/mol. The smallest absolute Gasteiger partial charge is 0.220 e. The summed E-state index contributed by atoms with van der Waals surface area (Å²) in [5.74, 6) is 0.540. The fraction of sp³-hybridized carbons (Fsp3) is 0.643. The van der Waals surface area contributed by atoms with Crippen LogP contribution in [0, 0.1) is 5.92 Å². The van der Waals surface area contributed by atoms with E-state index in [9.17, 15) is 4.79 Å². The van der Waals surface area contributed by atoms with Crippen molar-refractivity contribution in [2.75, 3.05) is 13.7 Å². The molecule has 2 rings (SSSR count). The topological polar surface area (TPSA) is 64.1 Å². The molecule has 1 saturated carbocycles. The lowest BCUT2D eigenvalue weighted by Crippen LogP contribution is -2.33. The van der Waals surface area contributed by atoms with Crippen LogP contribution in [0.5, 0.6) is 0 Å². The zero-order valence-electron chi connectivity index (χ0n) is 11.3. The molecule has 5 heteroatoms. The molecule has 0 radical (unpaired) electrons. The van der Waals surface area contributed by atoms with Crippen molar-refractivity contribution in [3.8, 4) is 0 Å². The van der Waals surface area contributed by atoms with Crippen molar-refractivity contribution in [3.63, 3.8) is 0 Å². The summed E-state index contributed by atoms with van der Waals surface area (Å²) in [6.07, 6.45) is 9.83. The second-order valence-electron chi connectivity index (χ2n) is 4.97. The van der Waals surface area contributed by atoms with Gasteiger partial charge in [0.1, 0.15) is 0 Å². The molecule has 0 aliphatic heterocycles. The standard InChI is InChI=1S/C14H21N3O2/c1-19-13-4-2-3-11(13)9-17-14(18)6-5-12-10-15-7-8-16-12/h7-8,10-11,13H,2-6,9H2,1H3,(H,17,18). The largest absolute Gasteiger partial charge is 0.381 e. The van der Waals surface area contributed by atoms with E-state index in [2.05, 4.69) is 15.3 Å². The predicted molar refractivity (Wildman–Crippen MR) is 71.5 cm³/mol. The van der Waals surface area contributed by atoms with Gasteiger partial charge in [0.25, 0.3) is 0 Å². The Morgan fingerprint density at radius 2 is 2.37 bits per heavy atom. The third-order valence-electron chi connectivity index (χ3n) is 3.68. The zero-order valence-corrected chi connectivity index (χ0v) is 11.3. The molecule has 0 aromatic carbocycles. The minimum Gasteiger partial charge on any atom is -0.381 e. The lowest BCUT2D eigenvalue weighted by atomic mass is 10.1. The highest BCUT2D eigenvalue weighted by Crippen LogP contribution is 2.27. The third kappa shape index (κ3) is 4.28. The van der Waals surface area contributed by atoms with Gasteiger partial charge in [0.05, 0.1) is 11.8 Å². The minimum atomic E-state index is 0.0763. The Morgan fingerprint density at radius 1 is 1.47 bits per heavy atom. The molecule has 0 spiro atoms. The zero-order chi connectivity index (χ0) is 13.5. The summed E-state index contributed by atoms with van der Waals surface area (Å²) in [7, 11) is 1.75. The molecule has 1 aliphatic carbocycles. The summed E-state index contributed by atoms with van der Waals surface area (Å²) in [5.41, 5.74) is 0.855. The molecule has 0 saturated heterocycles. The second kappa shape index (κ2) is 7.19. The lowest BCUT2D eigenvalue weighted by molar-refractivity contribution is -0.121. The van der Waals surface area contributed by atoms with E-state index in [4.69, 9.17) is 4.74 Å². The van der Waals surface area contributed by atoms with E-state index in [1.165, 1.54) is 6.42 Å². The van der Waals surface area contributed by atoms with Crippen LogP contribution < -0.4 is 5.32 Å². The molecule has 2 unspecified atom stereocenters. The molecule has 1 N–H and O–H groups in total. The molecule has 5 nitrogen and oxygen atoms in total. The van der Waals surface area contributed by atoms with Crippen LogP contribution in [0.4, 0.5) is 0 Å². The van der Waals surface area contributed by atoms with Gasteiger partial charge in [-0.25, -0.2) is 0 Å². The SMILES string of the molecule is COC1CCCC1CNC(=O)CCc1cnccn1. The van der Waals surface area contributed by atoms with Gasteiger partial charge in [-0.15, -0.1) is 0 Å². The number of aryl methyl sites for hydroxylation is 1. The number of aromatic nitrogens is 2. The highest BCUT2D eigenvalue weighted by atomic mass is 16.5. The number of carbonyl (C=O) groups is 1. The van der Waals surface area contributed by atoms with Crippen molar-refractivity contribution in [2.24, 2.45) is 5.92 Å². The molecule has 19 heavy (non-hydrogen) atoms. The van der Waals surface area contributed by atoms with Gasteiger partial charge < -0.3 is 10.1 Å². The van der Waals surface area contributed by atoms with Crippen molar-refractivity contribution in [2.45, 2.75) is 38.2 Å². The quantitative estimate of drug-likeness (QED) is 0.841. The molecule has 1 aliphatic rings. The Kier molecular flexibility index (Phi) is 5.27. The average Bonchev–Trinajstić information content (AvgIpc) is 2.91. The summed E-state index contributed by atoms with van der Waals surface area (Å²) in [6.45, 7) is 0.720. The van der Waals surface area contributed by atoms with Crippen LogP contribution in [0.2, 0.25) is 0 Å². The van der Waals surface area contributed by atoms with Gasteiger partial charge in [0.15, 0.2) is 0 Å². The van der Waals surface area contributed by atoms with Gasteiger partial charge in [-0.3, -0.25) is 14.8 Å². The van der Waals surface area contributed by atoms with Crippen molar-refractivity contribution in [1.82, 2.24) is 15.3 Å². The Balaban J connectivity index is 1.67. The summed E-state index contributed by atoms with van der Waals surface area (Å²) < 4.78 is 5.42. The Bertz CT molecular complexity index is 397. The maximum absolute atomic E-state index is 11.8. The van der Waals surface area contributed by atoms with Crippen molar-refractivity contribution < 1.29 is 9.53 Å². The van der Waals surface area contributed by atoms with E-state index in [-0.39, 0.29) is 5.91 Å². The van der Waals surface area contributed by atoms with Gasteiger partial charge in [0.2, 0.25) is 5.91 Å². The summed E-state index contributed by atoms with van der Waals surface area (Å²) in [6, 6.07) is 0. The predicted octanol–water partition coefficient (Wildman–Crippen LogP) is 1.34. The third-order valence-corrected chi connectivity index (χ3v) is 3.68. The number of hydrogen-bond acceptors (Lipinski definition) is 4. The highest BCUT2D eigenvalue weighted by Gasteiger charge is 2.27. The van der Waals surface area contributed by atoms with Gasteiger partial charge in [0, 0.05) is 44.6 Å². The van der Waals surface area contributed by atoms with E-state index in [0.29, 0.717) is 24.9 Å². The maximum Gasteiger partial charge on any atom is 0.220 e. The van der Waals surface area contributed by atoms with E-state index in [1.807, 2.05) is 0 Å². The number of hydrogen-bond donors (Lipinski definition) is 1. The Labute approximate surface area is 113 Å². The summed E-state index contributed by atoms with van der Waals surface area (Å²) in [4.78, 5) is 19.9. The number of carbonyl (C=O) groups excluding carboxylic acids is 1. The van der Waals surface area contributed by atoms with Crippen molar-refractivity contribution >= 4 is 5.91 Å². The molecular formula is C14H21N3O2. The van der Waals surface area contributed by atoms with Crippen LogP contribution >= 0.6 is 0 Å². The molecule has 104 valence electrons. The van der Waals surface area contributed by atoms with Gasteiger partial charge in [-0.2, -0.15) is 0 Å². The summed E-state index contributed by atoms with van der Waals surface area (Å²) >= 11 is 0. The molecule has 1 amide bonds. The first-order valence-corrected chi connectivity index (χ1v) is 6.84. The van der Waals surface area contributed by atoms with E-state index in [1.54, 1.807) is 25.7 Å². The van der Waals surface area contributed by atoms with Crippen LogP contribution in [0.1, 0.15) is 31.4 Å². The van der Waals surface area contributed by atoms with Crippen LogP contribution in [0.25, 0.3) is 0 Å². The fourth-order valence-electron chi connectivity index (χ4n) is 2.58. The van der Waals surface area contributed by atoms with Gasteiger partial charge in [-0.05, 0) is 19.3 Å². The number of rotatable bonds is 6. The van der Waals surface area contributed by atoms with Gasteiger partial charge in [-0.1, -0.05) is 6.42 Å². The molecule has 1 heterocycles. The van der Waals surface area contributed by atoms with E-state index >= 15 is 0 Å². The first-order valence-electron chi connectivity index (χ1n) is 6.84. The molecule has 1 aromatic rings. The van der Waals surface area contributed by atoms with Crippen LogP contribution in [0.3, 0.4) is 0 Å². The summed E-state index contributed by atoms with van der Waals surface area (Å²) in [5, 5.41) is 2.99. The molecule has 1 fully saturated rings. The molecule has 2 atom stereocenters. The molecule has 1 aromatic heterocycles. The lowest BCUT2D eigenvalue weighted by Gasteiger charge is -2.18. The van der Waals surface area contributed by atoms with Crippen LogP contribution in [0.15, 0.2) is 18.6 Å². The minimum absolute atomic E-state index is 0.0763. The number of ether oxygens (including phenoxy) is 1.